The second-order valence-corrected chi connectivity index (χ2v) is 8.30. The Labute approximate surface area is 192 Å². The molecule has 1 heterocycles. The lowest BCUT2D eigenvalue weighted by Crippen LogP contribution is -2.15. The van der Waals surface area contributed by atoms with E-state index in [1.165, 1.54) is 0 Å². The van der Waals surface area contributed by atoms with Crippen molar-refractivity contribution in [3.8, 4) is 11.6 Å². The summed E-state index contributed by atoms with van der Waals surface area (Å²) in [5.41, 5.74) is 3.76. The molecule has 1 aromatic heterocycles. The number of nitrogens with zero attached hydrogens (tertiary/aromatic N) is 2. The van der Waals surface area contributed by atoms with Gasteiger partial charge in [0.05, 0.1) is 29.1 Å². The number of aromatic nitrogens is 1. The van der Waals surface area contributed by atoms with Crippen molar-refractivity contribution in [2.45, 2.75) is 6.42 Å². The SMILES string of the molecule is CN(C)CCCOc1ccc(N=C(c2ccccc2)c2c(O)[nH]c3cc(Cl)ccc23)cc1. The van der Waals surface area contributed by atoms with Crippen LogP contribution in [0.3, 0.4) is 0 Å². The Morgan fingerprint density at radius 1 is 1.03 bits per heavy atom. The summed E-state index contributed by atoms with van der Waals surface area (Å²) in [6.45, 7) is 1.66. The first-order valence-electron chi connectivity index (χ1n) is 10.5. The summed E-state index contributed by atoms with van der Waals surface area (Å²) < 4.78 is 5.83. The van der Waals surface area contributed by atoms with Gasteiger partial charge < -0.3 is 19.7 Å². The molecule has 5 nitrogen and oxygen atoms in total. The molecule has 0 aliphatic heterocycles. The van der Waals surface area contributed by atoms with Gasteiger partial charge in [-0.25, -0.2) is 4.99 Å². The number of halogens is 1. The van der Waals surface area contributed by atoms with Crippen LogP contribution in [0.4, 0.5) is 5.69 Å². The van der Waals surface area contributed by atoms with E-state index in [-0.39, 0.29) is 5.88 Å². The molecule has 3 aromatic carbocycles. The Morgan fingerprint density at radius 3 is 2.50 bits per heavy atom. The number of benzene rings is 3. The first-order valence-corrected chi connectivity index (χ1v) is 10.9. The maximum atomic E-state index is 10.7. The first-order chi connectivity index (χ1) is 15.5. The fourth-order valence-electron chi connectivity index (χ4n) is 3.57. The summed E-state index contributed by atoms with van der Waals surface area (Å²) in [5.74, 6) is 0.874. The second-order valence-electron chi connectivity index (χ2n) is 7.86. The molecule has 0 saturated carbocycles. The molecule has 0 amide bonds. The number of hydrogen-bond acceptors (Lipinski definition) is 4. The Balaban J connectivity index is 1.68. The number of nitrogens with one attached hydrogen (secondary N) is 1. The Bertz CT molecular complexity index is 1220. The number of hydrogen-bond donors (Lipinski definition) is 2. The largest absolute Gasteiger partial charge is 0.494 e. The van der Waals surface area contributed by atoms with Gasteiger partial charge in [0.2, 0.25) is 0 Å². The average molecular weight is 448 g/mol. The third-order valence-corrected chi connectivity index (χ3v) is 5.36. The van der Waals surface area contributed by atoms with E-state index in [1.807, 2.05) is 66.7 Å². The highest BCUT2D eigenvalue weighted by Crippen LogP contribution is 2.33. The van der Waals surface area contributed by atoms with E-state index in [1.54, 1.807) is 6.07 Å². The van der Waals surface area contributed by atoms with E-state index in [9.17, 15) is 5.11 Å². The molecule has 32 heavy (non-hydrogen) atoms. The summed E-state index contributed by atoms with van der Waals surface area (Å²) in [4.78, 5) is 10.1. The zero-order valence-corrected chi connectivity index (χ0v) is 18.9. The van der Waals surface area contributed by atoms with Gasteiger partial charge in [-0.1, -0.05) is 48.0 Å². The minimum absolute atomic E-state index is 0.0608. The van der Waals surface area contributed by atoms with Gasteiger partial charge in [-0.05, 0) is 56.9 Å². The van der Waals surface area contributed by atoms with Crippen molar-refractivity contribution in [3.63, 3.8) is 0 Å². The van der Waals surface area contributed by atoms with Crippen LogP contribution in [0.5, 0.6) is 11.6 Å². The van der Waals surface area contributed by atoms with Crippen LogP contribution in [-0.4, -0.2) is 47.9 Å². The van der Waals surface area contributed by atoms with Crippen LogP contribution in [0.25, 0.3) is 10.9 Å². The number of ether oxygens (including phenoxy) is 1. The zero-order valence-electron chi connectivity index (χ0n) is 18.2. The number of H-pyrrole nitrogens is 1. The fraction of sp³-hybridized carbons (Fsp3) is 0.192. The number of aliphatic imine (C=N–C) groups is 1. The number of rotatable bonds is 8. The van der Waals surface area contributed by atoms with E-state index < -0.39 is 0 Å². The van der Waals surface area contributed by atoms with Crippen molar-refractivity contribution in [3.05, 3.63) is 88.9 Å². The van der Waals surface area contributed by atoms with Crippen molar-refractivity contribution in [2.24, 2.45) is 4.99 Å². The van der Waals surface area contributed by atoms with Crippen LogP contribution in [0.1, 0.15) is 17.5 Å². The van der Waals surface area contributed by atoms with Crippen molar-refractivity contribution in [1.82, 2.24) is 9.88 Å². The van der Waals surface area contributed by atoms with E-state index in [0.717, 1.165) is 40.9 Å². The summed E-state index contributed by atoms with van der Waals surface area (Å²) >= 11 is 6.14. The number of aromatic hydroxyl groups is 1. The Hall–Kier alpha value is -3.28. The second kappa shape index (κ2) is 9.90. The van der Waals surface area contributed by atoms with E-state index >= 15 is 0 Å². The third kappa shape index (κ3) is 5.13. The van der Waals surface area contributed by atoms with E-state index in [0.29, 0.717) is 22.9 Å². The molecule has 6 heteroatoms. The van der Waals surface area contributed by atoms with Crippen molar-refractivity contribution in [2.75, 3.05) is 27.2 Å². The lowest BCUT2D eigenvalue weighted by molar-refractivity contribution is 0.281. The fourth-order valence-corrected chi connectivity index (χ4v) is 3.74. The quantitative estimate of drug-likeness (QED) is 0.256. The average Bonchev–Trinajstić information content (AvgIpc) is 3.11. The van der Waals surface area contributed by atoms with Crippen LogP contribution < -0.4 is 4.74 Å². The summed E-state index contributed by atoms with van der Waals surface area (Å²) in [7, 11) is 4.11. The van der Waals surface area contributed by atoms with Crippen LogP contribution >= 0.6 is 11.6 Å². The van der Waals surface area contributed by atoms with Gasteiger partial charge in [0.15, 0.2) is 5.88 Å². The molecule has 4 rings (SSSR count). The highest BCUT2D eigenvalue weighted by Gasteiger charge is 2.18. The van der Waals surface area contributed by atoms with Crippen LogP contribution in [0.15, 0.2) is 77.8 Å². The maximum absolute atomic E-state index is 10.7. The molecule has 4 aromatic rings. The van der Waals surface area contributed by atoms with E-state index in [4.69, 9.17) is 21.3 Å². The lowest BCUT2D eigenvalue weighted by Gasteiger charge is -2.11. The van der Waals surface area contributed by atoms with Crippen LogP contribution in [-0.2, 0) is 0 Å². The first kappa shape index (κ1) is 21.9. The Kier molecular flexibility index (Phi) is 6.78. The topological polar surface area (TPSA) is 60.9 Å². The number of aromatic amines is 1. The van der Waals surface area contributed by atoms with Crippen LogP contribution in [0, 0.1) is 0 Å². The van der Waals surface area contributed by atoms with Gasteiger partial charge in [0.1, 0.15) is 5.75 Å². The molecule has 2 N–H and O–H groups in total. The normalized spacial score (nSPS) is 11.9. The minimum atomic E-state index is 0.0608. The van der Waals surface area contributed by atoms with Gasteiger partial charge >= 0.3 is 0 Å². The molecule has 0 unspecified atom stereocenters. The van der Waals surface area contributed by atoms with E-state index in [2.05, 4.69) is 24.0 Å². The van der Waals surface area contributed by atoms with Gasteiger partial charge in [-0.2, -0.15) is 0 Å². The Morgan fingerprint density at radius 2 is 1.78 bits per heavy atom. The molecule has 0 aliphatic carbocycles. The molecule has 164 valence electrons. The predicted octanol–water partition coefficient (Wildman–Crippen LogP) is 6.03. The van der Waals surface area contributed by atoms with Crippen LogP contribution in [0.2, 0.25) is 5.02 Å². The highest BCUT2D eigenvalue weighted by molar-refractivity contribution is 6.31. The maximum Gasteiger partial charge on any atom is 0.199 e. The molecule has 0 radical (unpaired) electrons. The lowest BCUT2D eigenvalue weighted by atomic mass is 10.0. The third-order valence-electron chi connectivity index (χ3n) is 5.12. The molecule has 0 fully saturated rings. The minimum Gasteiger partial charge on any atom is -0.494 e. The van der Waals surface area contributed by atoms with Gasteiger partial charge in [0.25, 0.3) is 0 Å². The standard InChI is InChI=1S/C26H26ClN3O2/c1-30(2)15-6-16-32-21-12-10-20(11-13-21)28-25(18-7-4-3-5-8-18)24-22-14-9-19(27)17-23(22)29-26(24)31/h3-5,7-14,17,29,31H,6,15-16H2,1-2H3. The molecule has 0 aliphatic rings. The molecule has 0 atom stereocenters. The molecule has 0 spiro atoms. The zero-order chi connectivity index (χ0) is 22.5. The predicted molar refractivity (Wildman–Crippen MR) is 132 cm³/mol. The van der Waals surface area contributed by atoms with Crippen molar-refractivity contribution in [1.29, 1.82) is 0 Å². The monoisotopic (exact) mass is 447 g/mol. The molecule has 0 saturated heterocycles. The smallest absolute Gasteiger partial charge is 0.199 e. The van der Waals surface area contributed by atoms with Gasteiger partial charge in [0, 0.05) is 22.5 Å². The molecular weight excluding hydrogens is 422 g/mol. The summed E-state index contributed by atoms with van der Waals surface area (Å²) in [5, 5.41) is 12.2. The van der Waals surface area contributed by atoms with Gasteiger partial charge in [-0.3, -0.25) is 0 Å². The van der Waals surface area contributed by atoms with Gasteiger partial charge in [-0.15, -0.1) is 0 Å². The van der Waals surface area contributed by atoms with Crippen molar-refractivity contribution < 1.29 is 9.84 Å². The summed E-state index contributed by atoms with van der Waals surface area (Å²) in [6, 6.07) is 23.0. The van der Waals surface area contributed by atoms with Crippen molar-refractivity contribution >= 4 is 33.9 Å². The highest BCUT2D eigenvalue weighted by atomic mass is 35.5. The summed E-state index contributed by atoms with van der Waals surface area (Å²) in [6.07, 6.45) is 0.967. The molecular formula is C26H26ClN3O2. The molecule has 0 bridgehead atoms. The number of fused-ring (bicyclic) bond motifs is 1.